The highest BCUT2D eigenvalue weighted by Crippen LogP contribution is 2.32. The summed E-state index contributed by atoms with van der Waals surface area (Å²) in [6.45, 7) is 10.6. The van der Waals surface area contributed by atoms with Gasteiger partial charge >= 0.3 is 5.97 Å². The average molecular weight is 677 g/mol. The van der Waals surface area contributed by atoms with Gasteiger partial charge in [-0.25, -0.2) is 18.1 Å². The van der Waals surface area contributed by atoms with Crippen molar-refractivity contribution in [3.05, 3.63) is 149 Å². The lowest BCUT2D eigenvalue weighted by molar-refractivity contribution is 0.0599. The Kier molecular flexibility index (Phi) is 11.1. The van der Waals surface area contributed by atoms with E-state index in [0.29, 0.717) is 60.3 Å². The number of sulfonamides is 1. The van der Waals surface area contributed by atoms with Crippen molar-refractivity contribution in [3.8, 4) is 17.2 Å². The minimum Gasteiger partial charge on any atom is -0.493 e. The quantitative estimate of drug-likeness (QED) is 0.0941. The highest BCUT2D eigenvalue weighted by molar-refractivity contribution is 7.92. The van der Waals surface area contributed by atoms with E-state index in [1.807, 2.05) is 67.6 Å². The van der Waals surface area contributed by atoms with Crippen LogP contribution in [0.15, 0.2) is 109 Å². The molecule has 250 valence electrons. The molecule has 0 spiro atoms. The molecule has 0 fully saturated rings. The summed E-state index contributed by atoms with van der Waals surface area (Å²) in [5.41, 5.74) is 6.03. The van der Waals surface area contributed by atoms with Crippen LogP contribution in [0.4, 0.5) is 17.1 Å². The Hall–Kier alpha value is -5.86. The SMILES string of the molecule is [C-]#[N+]c1ccc(CN(Cc2ccc(Oc3cc(OCCc4cccnc4)cc(C(=O)OC)c3)cc2)c2cccc(NS(C)(=O)=O)c2C)cc1. The Bertz CT molecular complexity index is 2050. The third kappa shape index (κ3) is 9.82. The van der Waals surface area contributed by atoms with Crippen LogP contribution in [0, 0.1) is 13.5 Å². The third-order valence-electron chi connectivity index (χ3n) is 7.60. The standard InChI is InChI=1S/C38H36N4O6S/c1-27-36(41-49(4,44)45)8-5-9-37(27)42(25-29-10-14-32(39-2)15-11-29)26-30-12-16-33(17-13-30)48-35-22-31(38(43)46-3)21-34(23-35)47-20-18-28-7-6-19-40-24-28/h5-17,19,21-24,41H,18,20,25-26H2,1,3-4H3. The number of esters is 1. The Morgan fingerprint density at radius 2 is 1.57 bits per heavy atom. The van der Waals surface area contributed by atoms with Crippen LogP contribution >= 0.6 is 0 Å². The normalized spacial score (nSPS) is 10.9. The molecular weight excluding hydrogens is 641 g/mol. The first-order valence-electron chi connectivity index (χ1n) is 15.4. The van der Waals surface area contributed by atoms with Crippen LogP contribution in [0.25, 0.3) is 4.85 Å². The summed E-state index contributed by atoms with van der Waals surface area (Å²) in [4.78, 5) is 22.2. The number of ether oxygens (including phenoxy) is 3. The van der Waals surface area contributed by atoms with E-state index in [1.165, 1.54) is 7.11 Å². The number of hydrogen-bond donors (Lipinski definition) is 1. The first kappa shape index (κ1) is 34.5. The van der Waals surface area contributed by atoms with E-state index < -0.39 is 16.0 Å². The number of hydrogen-bond acceptors (Lipinski definition) is 8. The van der Waals surface area contributed by atoms with Gasteiger partial charge in [0, 0.05) is 43.7 Å². The second-order valence-corrected chi connectivity index (χ2v) is 13.1. The zero-order valence-corrected chi connectivity index (χ0v) is 28.2. The molecule has 5 rings (SSSR count). The van der Waals surface area contributed by atoms with E-state index in [2.05, 4.69) is 19.5 Å². The van der Waals surface area contributed by atoms with Crippen molar-refractivity contribution in [2.75, 3.05) is 29.6 Å². The molecule has 1 N–H and O–H groups in total. The molecule has 1 heterocycles. The van der Waals surface area contributed by atoms with Gasteiger partial charge in [-0.05, 0) is 71.6 Å². The van der Waals surface area contributed by atoms with Crippen LogP contribution in [-0.4, -0.2) is 39.3 Å². The summed E-state index contributed by atoms with van der Waals surface area (Å²) in [7, 11) is -2.15. The molecule has 0 radical (unpaired) electrons. The van der Waals surface area contributed by atoms with Crippen LogP contribution in [0.5, 0.6) is 17.2 Å². The minimum atomic E-state index is -3.47. The molecular formula is C38H36N4O6S. The third-order valence-corrected chi connectivity index (χ3v) is 8.19. The number of nitrogens with zero attached hydrogens (tertiary/aromatic N) is 3. The van der Waals surface area contributed by atoms with E-state index in [-0.39, 0.29) is 0 Å². The first-order valence-corrected chi connectivity index (χ1v) is 17.3. The Labute approximate surface area is 286 Å². The maximum atomic E-state index is 12.4. The number of benzene rings is 4. The molecule has 1 aromatic heterocycles. The van der Waals surface area contributed by atoms with Gasteiger partial charge in [0.15, 0.2) is 5.69 Å². The fraction of sp³-hybridized carbons (Fsp3) is 0.184. The van der Waals surface area contributed by atoms with Crippen molar-refractivity contribution in [3.63, 3.8) is 0 Å². The van der Waals surface area contributed by atoms with Gasteiger partial charge in [0.1, 0.15) is 17.2 Å². The topological polar surface area (TPSA) is 111 Å². The van der Waals surface area contributed by atoms with Gasteiger partial charge < -0.3 is 19.1 Å². The molecule has 0 aliphatic carbocycles. The number of rotatable bonds is 14. The Morgan fingerprint density at radius 1 is 0.878 bits per heavy atom. The number of nitrogens with one attached hydrogen (secondary N) is 1. The average Bonchev–Trinajstić information content (AvgIpc) is 3.09. The second kappa shape index (κ2) is 15.8. The fourth-order valence-corrected chi connectivity index (χ4v) is 5.82. The molecule has 0 atom stereocenters. The molecule has 49 heavy (non-hydrogen) atoms. The van der Waals surface area contributed by atoms with Crippen LogP contribution < -0.4 is 19.1 Å². The lowest BCUT2D eigenvalue weighted by atomic mass is 10.1. The summed E-state index contributed by atoms with van der Waals surface area (Å²) >= 11 is 0. The molecule has 0 saturated carbocycles. The highest BCUT2D eigenvalue weighted by Gasteiger charge is 2.16. The van der Waals surface area contributed by atoms with Crippen LogP contribution in [0.2, 0.25) is 0 Å². The first-order chi connectivity index (χ1) is 23.6. The second-order valence-electron chi connectivity index (χ2n) is 11.3. The van der Waals surface area contributed by atoms with Gasteiger partial charge in [-0.15, -0.1) is 0 Å². The van der Waals surface area contributed by atoms with Gasteiger partial charge in [-0.2, -0.15) is 0 Å². The molecule has 0 aliphatic rings. The summed E-state index contributed by atoms with van der Waals surface area (Å²) in [6.07, 6.45) is 5.28. The van der Waals surface area contributed by atoms with Crippen molar-refractivity contribution in [2.24, 2.45) is 0 Å². The van der Waals surface area contributed by atoms with Crippen LogP contribution in [0.1, 0.15) is 32.6 Å². The van der Waals surface area contributed by atoms with Crippen LogP contribution in [0.3, 0.4) is 0 Å². The van der Waals surface area contributed by atoms with Gasteiger partial charge in [-0.1, -0.05) is 48.5 Å². The minimum absolute atomic E-state index is 0.302. The monoisotopic (exact) mass is 676 g/mol. The van der Waals surface area contributed by atoms with Gasteiger partial charge in [0.05, 0.1) is 37.8 Å². The molecule has 11 heteroatoms. The molecule has 0 unspecified atom stereocenters. The molecule has 0 bridgehead atoms. The maximum Gasteiger partial charge on any atom is 0.338 e. The zero-order chi connectivity index (χ0) is 34.8. The summed E-state index contributed by atoms with van der Waals surface area (Å²) in [5.74, 6) is 0.945. The predicted molar refractivity (Wildman–Crippen MR) is 190 cm³/mol. The summed E-state index contributed by atoms with van der Waals surface area (Å²) < 4.78 is 43.7. The van der Waals surface area contributed by atoms with Crippen molar-refractivity contribution >= 4 is 33.1 Å². The number of carbonyl (C=O) groups is 1. The number of carbonyl (C=O) groups excluding carboxylic acids is 1. The van der Waals surface area contributed by atoms with Gasteiger partial charge in [0.25, 0.3) is 0 Å². The number of aromatic nitrogens is 1. The molecule has 0 amide bonds. The van der Waals surface area contributed by atoms with E-state index in [4.69, 9.17) is 20.8 Å². The van der Waals surface area contributed by atoms with E-state index >= 15 is 0 Å². The van der Waals surface area contributed by atoms with Crippen LogP contribution in [-0.2, 0) is 34.3 Å². The van der Waals surface area contributed by atoms with Crippen molar-refractivity contribution in [2.45, 2.75) is 26.4 Å². The number of anilines is 2. The molecule has 5 aromatic rings. The van der Waals surface area contributed by atoms with Gasteiger partial charge in [0.2, 0.25) is 10.0 Å². The molecule has 0 saturated heterocycles. The maximum absolute atomic E-state index is 12.4. The number of pyridine rings is 1. The Morgan fingerprint density at radius 3 is 2.20 bits per heavy atom. The Balaban J connectivity index is 1.35. The smallest absolute Gasteiger partial charge is 0.338 e. The highest BCUT2D eigenvalue weighted by atomic mass is 32.2. The lowest BCUT2D eigenvalue weighted by Gasteiger charge is -2.28. The molecule has 10 nitrogen and oxygen atoms in total. The van der Waals surface area contributed by atoms with E-state index in [1.54, 1.807) is 48.8 Å². The van der Waals surface area contributed by atoms with Crippen molar-refractivity contribution in [1.82, 2.24) is 4.98 Å². The predicted octanol–water partition coefficient (Wildman–Crippen LogP) is 7.72. The van der Waals surface area contributed by atoms with E-state index in [9.17, 15) is 13.2 Å². The largest absolute Gasteiger partial charge is 0.493 e. The van der Waals surface area contributed by atoms with Crippen molar-refractivity contribution in [1.29, 1.82) is 0 Å². The zero-order valence-electron chi connectivity index (χ0n) is 27.4. The fourth-order valence-electron chi connectivity index (χ4n) is 5.20. The molecule has 0 aliphatic heterocycles. The summed E-state index contributed by atoms with van der Waals surface area (Å²) in [5, 5.41) is 0. The van der Waals surface area contributed by atoms with Gasteiger partial charge in [-0.3, -0.25) is 9.71 Å². The summed E-state index contributed by atoms with van der Waals surface area (Å²) in [6, 6.07) is 29.3. The van der Waals surface area contributed by atoms with E-state index in [0.717, 1.165) is 34.2 Å². The van der Waals surface area contributed by atoms with Crippen molar-refractivity contribution < 1.29 is 27.4 Å². The molecule has 4 aromatic carbocycles. The number of methoxy groups -OCH3 is 1. The lowest BCUT2D eigenvalue weighted by Crippen LogP contribution is -2.23.